The molecular weight excluding hydrogens is 416 g/mol. The summed E-state index contributed by atoms with van der Waals surface area (Å²) in [5.74, 6) is 2.42. The summed E-state index contributed by atoms with van der Waals surface area (Å²) in [5.41, 5.74) is 3.83. The lowest BCUT2D eigenvalue weighted by atomic mass is 9.44. The minimum absolute atomic E-state index is 0.0258. The molecule has 192 valence electrons. The Hall–Kier alpha value is -0.860. The van der Waals surface area contributed by atoms with E-state index in [0.717, 1.165) is 25.2 Å². The van der Waals surface area contributed by atoms with Crippen LogP contribution in [0.15, 0.2) is 35.5 Å². The van der Waals surface area contributed by atoms with Gasteiger partial charge in [-0.2, -0.15) is 0 Å². The maximum atomic E-state index is 10.8. The number of rotatable bonds is 5. The van der Waals surface area contributed by atoms with E-state index >= 15 is 0 Å². The van der Waals surface area contributed by atoms with Gasteiger partial charge in [-0.3, -0.25) is 0 Å². The molecule has 0 aliphatic heterocycles. The molecule has 2 fully saturated rings. The lowest BCUT2D eigenvalue weighted by Crippen LogP contribution is -2.54. The molecule has 2 nitrogen and oxygen atoms in total. The highest BCUT2D eigenvalue weighted by atomic mass is 16.5. The van der Waals surface area contributed by atoms with Crippen LogP contribution in [0.1, 0.15) is 101 Å². The molecule has 2 heteroatoms. The van der Waals surface area contributed by atoms with E-state index in [0.29, 0.717) is 23.2 Å². The van der Waals surface area contributed by atoms with Crippen molar-refractivity contribution in [2.24, 2.45) is 45.3 Å². The van der Waals surface area contributed by atoms with Crippen molar-refractivity contribution in [2.75, 3.05) is 7.11 Å². The molecule has 0 aromatic heterocycles. The monoisotopic (exact) mass is 468 g/mol. The Kier molecular flexibility index (Phi) is 6.43. The van der Waals surface area contributed by atoms with Gasteiger partial charge < -0.3 is 9.84 Å². The molecule has 0 heterocycles. The predicted octanol–water partition coefficient (Wildman–Crippen LogP) is 8.13. The lowest BCUT2D eigenvalue weighted by Gasteiger charge is -2.61. The summed E-state index contributed by atoms with van der Waals surface area (Å²) in [6.07, 6.45) is 16.7. The Balaban J connectivity index is 1.65. The van der Waals surface area contributed by atoms with Crippen molar-refractivity contribution in [3.05, 3.63) is 35.5 Å². The summed E-state index contributed by atoms with van der Waals surface area (Å²) in [7, 11) is 1.80. The Morgan fingerprint density at radius 3 is 2.35 bits per heavy atom. The zero-order valence-corrected chi connectivity index (χ0v) is 23.8. The number of allylic oxidation sites excluding steroid dienone is 5. The van der Waals surface area contributed by atoms with Gasteiger partial charge in [0.1, 0.15) is 0 Å². The first-order valence-electron chi connectivity index (χ1n) is 14.0. The normalized spacial score (nSPS) is 43.4. The second-order valence-corrected chi connectivity index (χ2v) is 14.3. The number of aliphatic hydroxyl groups is 1. The van der Waals surface area contributed by atoms with Crippen LogP contribution in [0.25, 0.3) is 0 Å². The molecule has 2 saturated carbocycles. The molecule has 4 aliphatic rings. The van der Waals surface area contributed by atoms with Gasteiger partial charge in [0.2, 0.25) is 0 Å². The van der Waals surface area contributed by atoms with Crippen LogP contribution >= 0.6 is 0 Å². The first-order valence-corrected chi connectivity index (χ1v) is 14.0. The van der Waals surface area contributed by atoms with Gasteiger partial charge in [-0.25, -0.2) is 0 Å². The van der Waals surface area contributed by atoms with Gasteiger partial charge in [-0.15, -0.1) is 0 Å². The van der Waals surface area contributed by atoms with E-state index in [4.69, 9.17) is 4.74 Å². The van der Waals surface area contributed by atoms with Crippen LogP contribution in [0.4, 0.5) is 0 Å². The molecule has 8 unspecified atom stereocenters. The molecule has 0 radical (unpaired) electrons. The molecule has 0 bridgehead atoms. The van der Waals surface area contributed by atoms with E-state index in [-0.39, 0.29) is 27.9 Å². The maximum absolute atomic E-state index is 10.8. The quantitative estimate of drug-likeness (QED) is 0.413. The highest BCUT2D eigenvalue weighted by Gasteiger charge is 2.63. The van der Waals surface area contributed by atoms with Crippen LogP contribution in [0, 0.1) is 45.3 Å². The molecule has 1 N–H and O–H groups in total. The molecule has 4 rings (SSSR count). The first kappa shape index (κ1) is 26.2. The number of ether oxygens (including phenoxy) is 1. The van der Waals surface area contributed by atoms with Crippen molar-refractivity contribution in [3.63, 3.8) is 0 Å². The van der Waals surface area contributed by atoms with Crippen LogP contribution < -0.4 is 0 Å². The molecule has 4 aliphatic carbocycles. The molecular formula is C32H52O2. The van der Waals surface area contributed by atoms with Crippen LogP contribution in [0.3, 0.4) is 0 Å². The van der Waals surface area contributed by atoms with Crippen LogP contribution in [0.2, 0.25) is 0 Å². The number of methoxy groups -OCH3 is 1. The van der Waals surface area contributed by atoms with E-state index in [2.05, 4.69) is 86.6 Å². The smallest absolute Gasteiger partial charge is 0.0802 e. The minimum Gasteiger partial charge on any atom is -0.393 e. The van der Waals surface area contributed by atoms with Crippen molar-refractivity contribution in [1.29, 1.82) is 0 Å². The summed E-state index contributed by atoms with van der Waals surface area (Å²) in [5, 5.41) is 10.8. The fourth-order valence-electron chi connectivity index (χ4n) is 8.87. The third-order valence-corrected chi connectivity index (χ3v) is 12.1. The topological polar surface area (TPSA) is 29.5 Å². The average Bonchev–Trinajstić information content (AvgIpc) is 3.06. The summed E-state index contributed by atoms with van der Waals surface area (Å²) >= 11 is 0. The van der Waals surface area contributed by atoms with Crippen molar-refractivity contribution >= 4 is 0 Å². The van der Waals surface area contributed by atoms with Crippen molar-refractivity contribution in [2.45, 2.75) is 113 Å². The lowest BCUT2D eigenvalue weighted by molar-refractivity contribution is -0.0851. The average molecular weight is 469 g/mol. The van der Waals surface area contributed by atoms with Gasteiger partial charge in [-0.1, -0.05) is 72.8 Å². The zero-order chi connectivity index (χ0) is 25.3. The zero-order valence-electron chi connectivity index (χ0n) is 23.8. The van der Waals surface area contributed by atoms with Gasteiger partial charge in [-0.05, 0) is 109 Å². The fourth-order valence-corrected chi connectivity index (χ4v) is 8.87. The van der Waals surface area contributed by atoms with Gasteiger partial charge in [0.15, 0.2) is 0 Å². The minimum atomic E-state index is -0.204. The summed E-state index contributed by atoms with van der Waals surface area (Å²) in [6.45, 7) is 21.5. The van der Waals surface area contributed by atoms with E-state index in [1.807, 2.05) is 0 Å². The Labute approximate surface area is 210 Å². The largest absolute Gasteiger partial charge is 0.393 e. The molecule has 0 aromatic carbocycles. The molecule has 0 spiro atoms. The van der Waals surface area contributed by atoms with E-state index in [1.165, 1.54) is 19.3 Å². The summed E-state index contributed by atoms with van der Waals surface area (Å²) in [4.78, 5) is 0. The molecule has 8 atom stereocenters. The number of hydrogen-bond donors (Lipinski definition) is 1. The van der Waals surface area contributed by atoms with E-state index in [9.17, 15) is 5.11 Å². The van der Waals surface area contributed by atoms with Crippen LogP contribution in [-0.4, -0.2) is 23.9 Å². The van der Waals surface area contributed by atoms with Gasteiger partial charge in [0, 0.05) is 7.11 Å². The highest BCUT2D eigenvalue weighted by Crippen LogP contribution is 2.71. The van der Waals surface area contributed by atoms with Crippen molar-refractivity contribution in [1.82, 2.24) is 0 Å². The first-order chi connectivity index (χ1) is 15.6. The van der Waals surface area contributed by atoms with Gasteiger partial charge in [0.05, 0.1) is 11.7 Å². The standard InChI is InChI=1S/C32H52O2/c1-21(13-17-28(3,4)34-10)22(2)23-14-19-32(9)25-11-12-26-29(5,6)27(33)16-18-30(26,7)24(25)15-20-31(23,32)8/h11,13,15,17,21-23,26-27,33H,12,14,16,18-20H2,1-10H3. The van der Waals surface area contributed by atoms with Crippen molar-refractivity contribution < 1.29 is 9.84 Å². The third-order valence-electron chi connectivity index (χ3n) is 12.1. The Morgan fingerprint density at radius 1 is 1.03 bits per heavy atom. The second-order valence-electron chi connectivity index (χ2n) is 14.3. The summed E-state index contributed by atoms with van der Waals surface area (Å²) < 4.78 is 5.63. The molecule has 0 amide bonds. The number of hydrogen-bond acceptors (Lipinski definition) is 2. The van der Waals surface area contributed by atoms with Crippen LogP contribution in [-0.2, 0) is 4.74 Å². The summed E-state index contributed by atoms with van der Waals surface area (Å²) in [6, 6.07) is 0. The third kappa shape index (κ3) is 3.64. The van der Waals surface area contributed by atoms with Crippen molar-refractivity contribution in [3.8, 4) is 0 Å². The maximum Gasteiger partial charge on any atom is 0.0802 e. The molecule has 34 heavy (non-hydrogen) atoms. The predicted molar refractivity (Wildman–Crippen MR) is 144 cm³/mol. The second kappa shape index (κ2) is 8.34. The Morgan fingerprint density at radius 2 is 1.71 bits per heavy atom. The van der Waals surface area contributed by atoms with Crippen LogP contribution in [0.5, 0.6) is 0 Å². The van der Waals surface area contributed by atoms with E-state index in [1.54, 1.807) is 18.3 Å². The highest BCUT2D eigenvalue weighted by molar-refractivity contribution is 5.49. The molecule has 0 saturated heterocycles. The Bertz CT molecular complexity index is 891. The number of fused-ring (bicyclic) bond motifs is 5. The number of aliphatic hydroxyl groups excluding tert-OH is 1. The SMILES string of the molecule is COC(C)(C)C=CC(C)C(C)C1CCC2(C)C3=CCC4C(C)(CCC(O)C4(C)C)C3=CCC12C. The van der Waals surface area contributed by atoms with E-state index < -0.39 is 0 Å². The fraction of sp³-hybridized carbons (Fsp3) is 0.812. The molecule has 0 aromatic rings. The van der Waals surface area contributed by atoms with Gasteiger partial charge >= 0.3 is 0 Å². The van der Waals surface area contributed by atoms with Gasteiger partial charge in [0.25, 0.3) is 0 Å².